The maximum atomic E-state index is 12.5. The van der Waals surface area contributed by atoms with Crippen molar-refractivity contribution in [3.63, 3.8) is 0 Å². The lowest BCUT2D eigenvalue weighted by Crippen LogP contribution is -2.40. The molecule has 1 aromatic carbocycles. The average molecular weight is 355 g/mol. The van der Waals surface area contributed by atoms with Crippen LogP contribution >= 0.6 is 11.6 Å². The molecule has 0 spiro atoms. The number of hydrogen-bond acceptors (Lipinski definition) is 3. The monoisotopic (exact) mass is 354 g/mol. The van der Waals surface area contributed by atoms with Gasteiger partial charge in [0.15, 0.2) is 0 Å². The Balaban J connectivity index is 2.59. The van der Waals surface area contributed by atoms with Crippen molar-refractivity contribution in [1.29, 1.82) is 0 Å². The van der Waals surface area contributed by atoms with E-state index in [2.05, 4.69) is 4.72 Å². The van der Waals surface area contributed by atoms with Crippen LogP contribution in [0, 0.1) is 6.92 Å². The number of rotatable bonds is 3. The molecule has 23 heavy (non-hydrogen) atoms. The summed E-state index contributed by atoms with van der Waals surface area (Å²) in [6.45, 7) is 9.66. The lowest BCUT2D eigenvalue weighted by Gasteiger charge is -2.27. The van der Waals surface area contributed by atoms with Gasteiger partial charge in [0.1, 0.15) is 9.90 Å². The molecule has 4 nitrogen and oxygen atoms in total. The summed E-state index contributed by atoms with van der Waals surface area (Å²) in [6, 6.07) is 5.51. The van der Waals surface area contributed by atoms with Crippen molar-refractivity contribution in [1.82, 2.24) is 9.29 Å². The molecule has 0 saturated carbocycles. The van der Waals surface area contributed by atoms with Crippen molar-refractivity contribution in [3.05, 3.63) is 44.8 Å². The molecule has 0 aliphatic heterocycles. The van der Waals surface area contributed by atoms with E-state index in [4.69, 9.17) is 11.6 Å². The first-order valence-electron chi connectivity index (χ1n) is 7.50. The third-order valence-corrected chi connectivity index (χ3v) is 5.82. The SMILES string of the molecule is Cc1cc(C(C)N[S@+]([O-])C(C)(C)C)c2cc(Cl)n(C)c(=O)c2c1. The van der Waals surface area contributed by atoms with Gasteiger partial charge in [-0.2, -0.15) is 0 Å². The summed E-state index contributed by atoms with van der Waals surface area (Å²) in [5.74, 6) is 0. The number of benzene rings is 1. The van der Waals surface area contributed by atoms with Gasteiger partial charge in [-0.1, -0.05) is 17.7 Å². The Hall–Kier alpha value is -1.01. The molecule has 1 heterocycles. The quantitative estimate of drug-likeness (QED) is 0.676. The molecule has 0 aliphatic carbocycles. The number of nitrogens with one attached hydrogen (secondary N) is 1. The Morgan fingerprint density at radius 1 is 1.26 bits per heavy atom. The van der Waals surface area contributed by atoms with Crippen LogP contribution in [0.5, 0.6) is 0 Å². The zero-order chi connectivity index (χ0) is 17.5. The highest BCUT2D eigenvalue weighted by molar-refractivity contribution is 7.90. The molecule has 0 saturated heterocycles. The van der Waals surface area contributed by atoms with Crippen LogP contribution in [0.2, 0.25) is 5.15 Å². The molecule has 1 N–H and O–H groups in total. The minimum atomic E-state index is -1.20. The van der Waals surface area contributed by atoms with Crippen molar-refractivity contribution in [2.24, 2.45) is 7.05 Å². The fourth-order valence-corrected chi connectivity index (χ4v) is 3.40. The summed E-state index contributed by atoms with van der Waals surface area (Å²) >= 11 is 4.97. The van der Waals surface area contributed by atoms with E-state index in [0.29, 0.717) is 10.5 Å². The Kier molecular flexibility index (Phi) is 5.16. The molecule has 0 amide bonds. The second-order valence-corrected chi connectivity index (χ2v) is 9.25. The van der Waals surface area contributed by atoms with Crippen molar-refractivity contribution >= 4 is 33.7 Å². The van der Waals surface area contributed by atoms with Gasteiger partial charge >= 0.3 is 0 Å². The van der Waals surface area contributed by atoms with Gasteiger partial charge in [-0.3, -0.25) is 4.79 Å². The molecule has 0 aliphatic rings. The zero-order valence-electron chi connectivity index (χ0n) is 14.4. The first kappa shape index (κ1) is 18.3. The number of fused-ring (bicyclic) bond motifs is 1. The maximum Gasteiger partial charge on any atom is 0.259 e. The molecule has 2 atom stereocenters. The predicted octanol–water partition coefficient (Wildman–Crippen LogP) is 3.61. The van der Waals surface area contributed by atoms with Crippen LogP contribution in [-0.2, 0) is 18.4 Å². The van der Waals surface area contributed by atoms with Crippen LogP contribution in [0.25, 0.3) is 10.8 Å². The van der Waals surface area contributed by atoms with Crippen molar-refractivity contribution in [2.45, 2.75) is 45.4 Å². The van der Waals surface area contributed by atoms with Crippen LogP contribution in [0.3, 0.4) is 0 Å². The fourth-order valence-electron chi connectivity index (χ4n) is 2.42. The van der Waals surface area contributed by atoms with E-state index in [0.717, 1.165) is 16.5 Å². The van der Waals surface area contributed by atoms with E-state index >= 15 is 0 Å². The van der Waals surface area contributed by atoms with Gasteiger partial charge in [-0.25, -0.2) is 0 Å². The lowest BCUT2D eigenvalue weighted by atomic mass is 9.98. The van der Waals surface area contributed by atoms with E-state index in [-0.39, 0.29) is 16.3 Å². The van der Waals surface area contributed by atoms with Gasteiger partial charge in [-0.05, 0) is 63.3 Å². The summed E-state index contributed by atoms with van der Waals surface area (Å²) in [5.41, 5.74) is 1.79. The van der Waals surface area contributed by atoms with E-state index in [1.54, 1.807) is 13.1 Å². The zero-order valence-corrected chi connectivity index (χ0v) is 15.9. The Morgan fingerprint density at radius 2 is 1.87 bits per heavy atom. The summed E-state index contributed by atoms with van der Waals surface area (Å²) in [7, 11) is 1.66. The largest absolute Gasteiger partial charge is 0.598 e. The maximum absolute atomic E-state index is 12.5. The summed E-state index contributed by atoms with van der Waals surface area (Å²) in [4.78, 5) is 12.5. The van der Waals surface area contributed by atoms with Gasteiger partial charge in [0, 0.05) is 23.8 Å². The summed E-state index contributed by atoms with van der Waals surface area (Å²) in [6.07, 6.45) is 0. The average Bonchev–Trinajstić information content (AvgIpc) is 2.44. The number of aromatic nitrogens is 1. The lowest BCUT2D eigenvalue weighted by molar-refractivity contribution is 0.532. The van der Waals surface area contributed by atoms with Crippen molar-refractivity contribution in [3.8, 4) is 0 Å². The highest BCUT2D eigenvalue weighted by atomic mass is 35.5. The van der Waals surface area contributed by atoms with Crippen LogP contribution in [0.15, 0.2) is 23.0 Å². The number of nitrogens with zero attached hydrogens (tertiary/aromatic N) is 1. The van der Waals surface area contributed by atoms with Crippen LogP contribution < -0.4 is 10.3 Å². The fraction of sp³-hybridized carbons (Fsp3) is 0.471. The molecule has 0 bridgehead atoms. The second kappa shape index (κ2) is 6.48. The third kappa shape index (κ3) is 3.74. The standard InChI is InChI=1S/C17H23ClN2O2S/c1-10-7-12(11(2)19-23(22)17(3,4)5)13-9-15(18)20(6)16(21)14(13)8-10/h7-9,11,19H,1-6H3/t11?,23-/m1/s1. The highest BCUT2D eigenvalue weighted by Crippen LogP contribution is 2.28. The predicted molar refractivity (Wildman–Crippen MR) is 98.4 cm³/mol. The minimum Gasteiger partial charge on any atom is -0.598 e. The molecule has 1 unspecified atom stereocenters. The molecule has 2 aromatic rings. The molecular weight excluding hydrogens is 332 g/mol. The smallest absolute Gasteiger partial charge is 0.259 e. The highest BCUT2D eigenvalue weighted by Gasteiger charge is 2.29. The van der Waals surface area contributed by atoms with E-state index in [1.807, 2.05) is 46.8 Å². The molecule has 0 radical (unpaired) electrons. The minimum absolute atomic E-state index is 0.124. The van der Waals surface area contributed by atoms with Crippen LogP contribution in [0.1, 0.15) is 44.9 Å². The third-order valence-electron chi connectivity index (χ3n) is 3.78. The molecule has 1 aromatic heterocycles. The Morgan fingerprint density at radius 3 is 2.43 bits per heavy atom. The normalized spacial score (nSPS) is 15.0. The summed E-state index contributed by atoms with van der Waals surface area (Å²) in [5, 5.41) is 1.81. The van der Waals surface area contributed by atoms with Gasteiger partial charge in [-0.15, -0.1) is 4.72 Å². The topological polar surface area (TPSA) is 57.1 Å². The first-order chi connectivity index (χ1) is 10.5. The number of halogens is 1. The Labute approximate surface area is 145 Å². The van der Waals surface area contributed by atoms with Gasteiger partial charge in [0.05, 0.1) is 6.04 Å². The first-order valence-corrected chi connectivity index (χ1v) is 9.03. The van der Waals surface area contributed by atoms with Crippen molar-refractivity contribution < 1.29 is 4.55 Å². The van der Waals surface area contributed by atoms with Gasteiger partial charge < -0.3 is 9.12 Å². The van der Waals surface area contributed by atoms with Gasteiger partial charge in [0.2, 0.25) is 0 Å². The molecular formula is C17H23ClN2O2S. The van der Waals surface area contributed by atoms with E-state index in [9.17, 15) is 9.35 Å². The number of hydrogen-bond donors (Lipinski definition) is 1. The molecule has 2 rings (SSSR count). The Bertz CT molecular complexity index is 796. The van der Waals surface area contributed by atoms with Crippen molar-refractivity contribution in [2.75, 3.05) is 0 Å². The van der Waals surface area contributed by atoms with Crippen LogP contribution in [0.4, 0.5) is 0 Å². The summed E-state index contributed by atoms with van der Waals surface area (Å²) < 4.78 is 16.6. The molecule has 6 heteroatoms. The van der Waals surface area contributed by atoms with E-state index < -0.39 is 11.4 Å². The van der Waals surface area contributed by atoms with Gasteiger partial charge in [0.25, 0.3) is 5.56 Å². The van der Waals surface area contributed by atoms with Crippen LogP contribution in [-0.4, -0.2) is 13.9 Å². The molecule has 0 fully saturated rings. The van der Waals surface area contributed by atoms with E-state index in [1.165, 1.54) is 4.57 Å². The number of aryl methyl sites for hydroxylation is 1. The second-order valence-electron chi connectivity index (χ2n) is 6.87. The molecule has 126 valence electrons. The number of pyridine rings is 1.